The van der Waals surface area contributed by atoms with Gasteiger partial charge in [0, 0.05) is 0 Å². The van der Waals surface area contributed by atoms with Gasteiger partial charge in [0.15, 0.2) is 0 Å². The summed E-state index contributed by atoms with van der Waals surface area (Å²) in [5, 5.41) is 9.56. The van der Waals surface area contributed by atoms with Crippen LogP contribution >= 0.6 is 0 Å². The Morgan fingerprint density at radius 2 is 1.60 bits per heavy atom. The topological polar surface area (TPSA) is 63.3 Å². The fourth-order valence-corrected chi connectivity index (χ4v) is 1.55. The highest BCUT2D eigenvalue weighted by molar-refractivity contribution is 5.82. The Hall–Kier alpha value is -0.570. The molecule has 1 unspecified atom stereocenters. The summed E-state index contributed by atoms with van der Waals surface area (Å²) in [5.74, 6) is -0.617. The summed E-state index contributed by atoms with van der Waals surface area (Å²) in [4.78, 5) is 10.8. The summed E-state index contributed by atoms with van der Waals surface area (Å²) < 4.78 is 0. The number of carbonyl (C=O) groups excluding carboxylic acids is 1. The molecule has 0 saturated carbocycles. The van der Waals surface area contributed by atoms with Crippen molar-refractivity contribution in [1.29, 1.82) is 0 Å². The molecule has 0 heterocycles. The minimum atomic E-state index is -1.32. The van der Waals surface area contributed by atoms with Gasteiger partial charge in [-0.25, -0.2) is 0 Å². The molecule has 0 aliphatic rings. The highest BCUT2D eigenvalue weighted by Crippen LogP contribution is 2.15. The number of carbonyl (C=O) groups is 1. The lowest BCUT2D eigenvalue weighted by molar-refractivity contribution is -0.135. The average molecular weight is 215 g/mol. The van der Waals surface area contributed by atoms with Gasteiger partial charge in [-0.1, -0.05) is 51.9 Å². The van der Waals surface area contributed by atoms with Crippen LogP contribution in [0.3, 0.4) is 0 Å². The fraction of sp³-hybridized carbons (Fsp3) is 0.917. The summed E-state index contributed by atoms with van der Waals surface area (Å²) in [6.07, 6.45) is 8.74. The standard InChI is InChI=1S/C12H25NO2/c1-3-4-5-6-7-8-9-10-12(2,15)11(13)14/h15H,3-10H2,1-2H3,(H2,13,14). The van der Waals surface area contributed by atoms with Crippen LogP contribution in [0.2, 0.25) is 0 Å². The first-order valence-corrected chi connectivity index (χ1v) is 6.03. The Labute approximate surface area is 93.0 Å². The molecule has 15 heavy (non-hydrogen) atoms. The molecule has 1 amide bonds. The fourth-order valence-electron chi connectivity index (χ4n) is 1.55. The SMILES string of the molecule is CCCCCCCCCC(C)(O)C(N)=O. The number of rotatable bonds is 9. The highest BCUT2D eigenvalue weighted by Gasteiger charge is 2.26. The summed E-state index contributed by atoms with van der Waals surface area (Å²) >= 11 is 0. The number of amides is 1. The van der Waals surface area contributed by atoms with E-state index in [-0.39, 0.29) is 0 Å². The summed E-state index contributed by atoms with van der Waals surface area (Å²) in [5.41, 5.74) is 3.75. The maximum Gasteiger partial charge on any atom is 0.249 e. The number of hydrogen-bond donors (Lipinski definition) is 2. The van der Waals surface area contributed by atoms with E-state index in [4.69, 9.17) is 5.73 Å². The second kappa shape index (κ2) is 7.69. The third-order valence-electron chi connectivity index (χ3n) is 2.80. The first kappa shape index (κ1) is 14.4. The molecule has 0 fully saturated rings. The van der Waals surface area contributed by atoms with Gasteiger partial charge in [-0.05, 0) is 13.3 Å². The number of nitrogens with two attached hydrogens (primary N) is 1. The van der Waals surface area contributed by atoms with Crippen LogP contribution in [0.4, 0.5) is 0 Å². The quantitative estimate of drug-likeness (QED) is 0.580. The van der Waals surface area contributed by atoms with Crippen molar-refractivity contribution < 1.29 is 9.90 Å². The predicted octanol–water partition coefficient (Wildman–Crippen LogP) is 2.36. The molecular weight excluding hydrogens is 190 g/mol. The summed E-state index contributed by atoms with van der Waals surface area (Å²) in [7, 11) is 0. The Kier molecular flexibility index (Phi) is 7.39. The van der Waals surface area contributed by atoms with Gasteiger partial charge < -0.3 is 10.8 Å². The Morgan fingerprint density at radius 1 is 1.13 bits per heavy atom. The van der Waals surface area contributed by atoms with Crippen LogP contribution in [0.5, 0.6) is 0 Å². The van der Waals surface area contributed by atoms with Gasteiger partial charge in [-0.3, -0.25) is 4.79 Å². The van der Waals surface area contributed by atoms with Gasteiger partial charge in [0.05, 0.1) is 0 Å². The average Bonchev–Trinajstić information content (AvgIpc) is 2.16. The molecule has 0 aromatic carbocycles. The Morgan fingerprint density at radius 3 is 2.07 bits per heavy atom. The van der Waals surface area contributed by atoms with Crippen LogP contribution in [-0.2, 0) is 4.79 Å². The van der Waals surface area contributed by atoms with Gasteiger partial charge in [0.2, 0.25) is 5.91 Å². The molecule has 0 bridgehead atoms. The Balaban J connectivity index is 3.35. The monoisotopic (exact) mass is 215 g/mol. The van der Waals surface area contributed by atoms with Crippen LogP contribution in [0.15, 0.2) is 0 Å². The van der Waals surface area contributed by atoms with Crippen molar-refractivity contribution in [2.75, 3.05) is 0 Å². The molecule has 90 valence electrons. The lowest BCUT2D eigenvalue weighted by Crippen LogP contribution is -2.40. The van der Waals surface area contributed by atoms with Crippen molar-refractivity contribution in [3.63, 3.8) is 0 Å². The molecule has 3 heteroatoms. The van der Waals surface area contributed by atoms with Crippen LogP contribution in [-0.4, -0.2) is 16.6 Å². The minimum Gasteiger partial charge on any atom is -0.380 e. The van der Waals surface area contributed by atoms with Crippen LogP contribution < -0.4 is 5.73 Å². The zero-order chi connectivity index (χ0) is 11.7. The van der Waals surface area contributed by atoms with Crippen molar-refractivity contribution in [2.24, 2.45) is 5.73 Å². The van der Waals surface area contributed by atoms with E-state index >= 15 is 0 Å². The van der Waals surface area contributed by atoms with E-state index in [1.165, 1.54) is 39.0 Å². The van der Waals surface area contributed by atoms with Gasteiger partial charge >= 0.3 is 0 Å². The predicted molar refractivity (Wildman–Crippen MR) is 62.4 cm³/mol. The van der Waals surface area contributed by atoms with Gasteiger partial charge in [0.25, 0.3) is 0 Å². The number of primary amides is 1. The van der Waals surface area contributed by atoms with Crippen LogP contribution in [0.1, 0.15) is 65.2 Å². The Bertz CT molecular complexity index is 178. The third-order valence-corrected chi connectivity index (χ3v) is 2.80. The molecule has 0 aliphatic carbocycles. The second-order valence-corrected chi connectivity index (χ2v) is 4.51. The smallest absolute Gasteiger partial charge is 0.249 e. The normalized spacial score (nSPS) is 14.9. The molecule has 0 aromatic heterocycles. The highest BCUT2D eigenvalue weighted by atomic mass is 16.3. The summed E-state index contributed by atoms with van der Waals surface area (Å²) in [6, 6.07) is 0. The van der Waals surface area contributed by atoms with E-state index < -0.39 is 11.5 Å². The third kappa shape index (κ3) is 7.37. The molecular formula is C12H25NO2. The van der Waals surface area contributed by atoms with E-state index in [9.17, 15) is 9.90 Å². The first-order valence-electron chi connectivity index (χ1n) is 6.03. The van der Waals surface area contributed by atoms with Gasteiger partial charge in [-0.15, -0.1) is 0 Å². The molecule has 0 rings (SSSR count). The minimum absolute atomic E-state index is 0.482. The zero-order valence-corrected chi connectivity index (χ0v) is 10.1. The molecule has 0 saturated heterocycles. The molecule has 0 aliphatic heterocycles. The first-order chi connectivity index (χ1) is 7.00. The zero-order valence-electron chi connectivity index (χ0n) is 10.1. The van der Waals surface area contributed by atoms with Crippen LogP contribution in [0, 0.1) is 0 Å². The molecule has 1 atom stereocenters. The van der Waals surface area contributed by atoms with E-state index in [1.807, 2.05) is 0 Å². The molecule has 3 nitrogen and oxygen atoms in total. The molecule has 0 radical (unpaired) electrons. The summed E-state index contributed by atoms with van der Waals surface area (Å²) in [6.45, 7) is 3.69. The van der Waals surface area contributed by atoms with Crippen molar-refractivity contribution >= 4 is 5.91 Å². The van der Waals surface area contributed by atoms with E-state index in [0.717, 1.165) is 12.8 Å². The van der Waals surface area contributed by atoms with E-state index in [1.54, 1.807) is 0 Å². The van der Waals surface area contributed by atoms with Gasteiger partial charge in [0.1, 0.15) is 5.60 Å². The maximum absolute atomic E-state index is 10.8. The lowest BCUT2D eigenvalue weighted by atomic mass is 9.97. The van der Waals surface area contributed by atoms with Crippen molar-refractivity contribution in [2.45, 2.75) is 70.8 Å². The lowest BCUT2D eigenvalue weighted by Gasteiger charge is -2.18. The number of unbranched alkanes of at least 4 members (excludes halogenated alkanes) is 6. The maximum atomic E-state index is 10.8. The van der Waals surface area contributed by atoms with Crippen LogP contribution in [0.25, 0.3) is 0 Å². The second-order valence-electron chi connectivity index (χ2n) is 4.51. The largest absolute Gasteiger partial charge is 0.380 e. The molecule has 3 N–H and O–H groups in total. The van der Waals surface area contributed by atoms with Gasteiger partial charge in [-0.2, -0.15) is 0 Å². The molecule has 0 aromatic rings. The van der Waals surface area contributed by atoms with Crippen molar-refractivity contribution in [1.82, 2.24) is 0 Å². The van der Waals surface area contributed by atoms with Crippen molar-refractivity contribution in [3.05, 3.63) is 0 Å². The van der Waals surface area contributed by atoms with E-state index in [0.29, 0.717) is 6.42 Å². The molecule has 0 spiro atoms. The number of hydrogen-bond acceptors (Lipinski definition) is 2. The number of aliphatic hydroxyl groups is 1. The van der Waals surface area contributed by atoms with E-state index in [2.05, 4.69) is 6.92 Å². The van der Waals surface area contributed by atoms with Crippen molar-refractivity contribution in [3.8, 4) is 0 Å².